The number of amides is 3. The fourth-order valence-corrected chi connectivity index (χ4v) is 4.20. The molecule has 1 aromatic rings. The molecule has 1 N–H and O–H groups in total. The van der Waals surface area contributed by atoms with Gasteiger partial charge in [0, 0.05) is 31.2 Å². The molecule has 9 heteroatoms. The summed E-state index contributed by atoms with van der Waals surface area (Å²) in [4.78, 5) is 37.4. The SMILES string of the molecule is CC(C)(C)COC(C)(C)CCn1cc(CNC(=O)C2CCC(CN3C(=O)C=CC3=O)CC2)nn1. The topological polar surface area (TPSA) is 106 Å². The summed E-state index contributed by atoms with van der Waals surface area (Å²) in [5.41, 5.74) is 0.603. The van der Waals surface area contributed by atoms with Crippen molar-refractivity contribution in [1.82, 2.24) is 25.2 Å². The Morgan fingerprint density at radius 1 is 1.09 bits per heavy atom. The summed E-state index contributed by atoms with van der Waals surface area (Å²) in [6.45, 7) is 12.8. The molecule has 0 aromatic carbocycles. The van der Waals surface area contributed by atoms with Crippen LogP contribution in [0, 0.1) is 17.3 Å². The molecule has 9 nitrogen and oxygen atoms in total. The molecule has 1 aliphatic heterocycles. The molecule has 1 fully saturated rings. The van der Waals surface area contributed by atoms with Crippen LogP contribution >= 0.6 is 0 Å². The molecular formula is C25H39N5O4. The highest BCUT2D eigenvalue weighted by atomic mass is 16.5. The molecule has 2 heterocycles. The number of nitrogens with zero attached hydrogens (tertiary/aromatic N) is 4. The Bertz CT molecular complexity index is 889. The maximum absolute atomic E-state index is 12.6. The number of carbonyl (C=O) groups is 3. The Morgan fingerprint density at radius 2 is 1.74 bits per heavy atom. The molecule has 1 saturated carbocycles. The fourth-order valence-electron chi connectivity index (χ4n) is 4.20. The van der Waals surface area contributed by atoms with Crippen LogP contribution in [0.5, 0.6) is 0 Å². The van der Waals surface area contributed by atoms with Gasteiger partial charge < -0.3 is 10.1 Å². The molecule has 0 saturated heterocycles. The van der Waals surface area contributed by atoms with Gasteiger partial charge in [-0.1, -0.05) is 26.0 Å². The number of ether oxygens (including phenoxy) is 1. The van der Waals surface area contributed by atoms with Crippen molar-refractivity contribution in [2.45, 2.75) is 85.4 Å². The molecule has 3 rings (SSSR count). The highest BCUT2D eigenvalue weighted by molar-refractivity contribution is 6.12. The summed E-state index contributed by atoms with van der Waals surface area (Å²) in [5, 5.41) is 11.4. The average Bonchev–Trinajstić information content (AvgIpc) is 3.36. The molecule has 0 atom stereocenters. The van der Waals surface area contributed by atoms with E-state index in [1.165, 1.54) is 17.1 Å². The summed E-state index contributed by atoms with van der Waals surface area (Å²) in [7, 11) is 0. The third-order valence-corrected chi connectivity index (χ3v) is 6.43. The van der Waals surface area contributed by atoms with E-state index >= 15 is 0 Å². The van der Waals surface area contributed by atoms with Gasteiger partial charge in [0.15, 0.2) is 0 Å². The zero-order valence-electron chi connectivity index (χ0n) is 21.2. The van der Waals surface area contributed by atoms with E-state index in [-0.39, 0.29) is 40.6 Å². The minimum absolute atomic E-state index is 0.0275. The van der Waals surface area contributed by atoms with E-state index in [9.17, 15) is 14.4 Å². The first-order valence-corrected chi connectivity index (χ1v) is 12.3. The fraction of sp³-hybridized carbons (Fsp3) is 0.720. The predicted octanol–water partition coefficient (Wildman–Crippen LogP) is 2.86. The van der Waals surface area contributed by atoms with Crippen molar-refractivity contribution in [3.05, 3.63) is 24.0 Å². The van der Waals surface area contributed by atoms with E-state index in [0.717, 1.165) is 37.8 Å². The van der Waals surface area contributed by atoms with Gasteiger partial charge in [0.2, 0.25) is 5.91 Å². The molecule has 2 aliphatic rings. The molecule has 1 aromatic heterocycles. The number of aromatic nitrogens is 3. The van der Waals surface area contributed by atoms with Crippen LogP contribution in [0.15, 0.2) is 18.3 Å². The lowest BCUT2D eigenvalue weighted by atomic mass is 9.81. The standard InChI is InChI=1S/C25H39N5O4/c1-24(2,3)17-34-25(4,5)12-13-29-16-20(27-28-29)14-26-23(33)19-8-6-18(7-9-19)15-30-21(31)10-11-22(30)32/h10-11,16,18-19H,6-9,12-15,17H2,1-5H3,(H,26,33). The van der Waals surface area contributed by atoms with Crippen LogP contribution in [0.3, 0.4) is 0 Å². The minimum Gasteiger partial charge on any atom is -0.375 e. The monoisotopic (exact) mass is 473 g/mol. The number of aryl methyl sites for hydroxylation is 1. The van der Waals surface area contributed by atoms with Crippen molar-refractivity contribution in [3.8, 4) is 0 Å². The summed E-state index contributed by atoms with van der Waals surface area (Å²) in [5.74, 6) is -0.235. The maximum atomic E-state index is 12.6. The van der Waals surface area contributed by atoms with E-state index < -0.39 is 0 Å². The molecule has 0 unspecified atom stereocenters. The van der Waals surface area contributed by atoms with E-state index in [1.54, 1.807) is 4.68 Å². The lowest BCUT2D eigenvalue weighted by Crippen LogP contribution is -2.38. The number of nitrogens with one attached hydrogen (secondary N) is 1. The highest BCUT2D eigenvalue weighted by Gasteiger charge is 2.31. The molecule has 188 valence electrons. The van der Waals surface area contributed by atoms with Gasteiger partial charge in [0.1, 0.15) is 5.69 Å². The van der Waals surface area contributed by atoms with Crippen molar-refractivity contribution < 1.29 is 19.1 Å². The third-order valence-electron chi connectivity index (χ3n) is 6.43. The van der Waals surface area contributed by atoms with Crippen LogP contribution in [0.1, 0.15) is 72.4 Å². The Kier molecular flexibility index (Phi) is 8.28. The molecule has 0 radical (unpaired) electrons. The quantitative estimate of drug-likeness (QED) is 0.524. The second-order valence-electron chi connectivity index (χ2n) is 11.4. The second-order valence-corrected chi connectivity index (χ2v) is 11.4. The van der Waals surface area contributed by atoms with Crippen molar-refractivity contribution in [2.75, 3.05) is 13.2 Å². The molecule has 0 bridgehead atoms. The lowest BCUT2D eigenvalue weighted by molar-refractivity contribution is -0.138. The van der Waals surface area contributed by atoms with Crippen LogP contribution in [-0.2, 0) is 32.2 Å². The Hall–Kier alpha value is -2.55. The van der Waals surface area contributed by atoms with Crippen LogP contribution in [0.25, 0.3) is 0 Å². The first-order chi connectivity index (χ1) is 15.9. The highest BCUT2D eigenvalue weighted by Crippen LogP contribution is 2.30. The second kappa shape index (κ2) is 10.8. The van der Waals surface area contributed by atoms with Gasteiger partial charge in [-0.3, -0.25) is 24.0 Å². The maximum Gasteiger partial charge on any atom is 0.253 e. The van der Waals surface area contributed by atoms with Crippen LogP contribution in [-0.4, -0.2) is 56.4 Å². The number of hydrogen-bond acceptors (Lipinski definition) is 6. The van der Waals surface area contributed by atoms with Gasteiger partial charge in [-0.15, -0.1) is 5.10 Å². The van der Waals surface area contributed by atoms with Gasteiger partial charge >= 0.3 is 0 Å². The van der Waals surface area contributed by atoms with Gasteiger partial charge in [0.25, 0.3) is 11.8 Å². The van der Waals surface area contributed by atoms with E-state index in [2.05, 4.69) is 50.2 Å². The molecule has 34 heavy (non-hydrogen) atoms. The Morgan fingerprint density at radius 3 is 2.35 bits per heavy atom. The van der Waals surface area contributed by atoms with Crippen LogP contribution in [0.2, 0.25) is 0 Å². The summed E-state index contributed by atoms with van der Waals surface area (Å²) in [6, 6.07) is 0. The van der Waals surface area contributed by atoms with Crippen molar-refractivity contribution in [3.63, 3.8) is 0 Å². The summed E-state index contributed by atoms with van der Waals surface area (Å²) in [6.07, 6.45) is 8.50. The first-order valence-electron chi connectivity index (χ1n) is 12.3. The van der Waals surface area contributed by atoms with E-state index in [1.807, 2.05) is 6.20 Å². The largest absolute Gasteiger partial charge is 0.375 e. The summed E-state index contributed by atoms with van der Waals surface area (Å²) < 4.78 is 7.86. The van der Waals surface area contributed by atoms with Crippen LogP contribution in [0.4, 0.5) is 0 Å². The molecular weight excluding hydrogens is 434 g/mol. The van der Waals surface area contributed by atoms with Crippen LogP contribution < -0.4 is 5.32 Å². The van der Waals surface area contributed by atoms with Gasteiger partial charge in [-0.2, -0.15) is 0 Å². The van der Waals surface area contributed by atoms with Gasteiger partial charge in [-0.05, 0) is 57.3 Å². The Labute approximate surface area is 202 Å². The Balaban J connectivity index is 1.36. The number of rotatable bonds is 10. The molecule has 1 aliphatic carbocycles. The third kappa shape index (κ3) is 7.75. The van der Waals surface area contributed by atoms with E-state index in [4.69, 9.17) is 4.74 Å². The number of imide groups is 1. The zero-order valence-corrected chi connectivity index (χ0v) is 21.2. The van der Waals surface area contributed by atoms with Gasteiger partial charge in [-0.25, -0.2) is 0 Å². The average molecular weight is 474 g/mol. The number of carbonyl (C=O) groups excluding carboxylic acids is 3. The lowest BCUT2D eigenvalue weighted by Gasteiger charge is -2.30. The smallest absolute Gasteiger partial charge is 0.253 e. The van der Waals surface area contributed by atoms with E-state index in [0.29, 0.717) is 26.2 Å². The summed E-state index contributed by atoms with van der Waals surface area (Å²) >= 11 is 0. The van der Waals surface area contributed by atoms with Crippen molar-refractivity contribution >= 4 is 17.7 Å². The van der Waals surface area contributed by atoms with Crippen molar-refractivity contribution in [2.24, 2.45) is 17.3 Å². The van der Waals surface area contributed by atoms with Gasteiger partial charge in [0.05, 0.1) is 24.9 Å². The van der Waals surface area contributed by atoms with Crippen molar-refractivity contribution in [1.29, 1.82) is 0 Å². The first kappa shape index (κ1) is 26.1. The molecule has 0 spiro atoms. The molecule has 3 amide bonds. The zero-order chi connectivity index (χ0) is 24.9. The minimum atomic E-state index is -0.252. The predicted molar refractivity (Wildman–Crippen MR) is 127 cm³/mol. The normalized spacial score (nSPS) is 21.4. The number of hydrogen-bond donors (Lipinski definition) is 1.